The number of carbonyl (C=O) groups excluding carboxylic acids is 2. The number of imide groups is 1. The predicted molar refractivity (Wildman–Crippen MR) is 61.3 cm³/mol. The van der Waals surface area contributed by atoms with Crippen LogP contribution in [0.2, 0.25) is 0 Å². The van der Waals surface area contributed by atoms with Gasteiger partial charge in [0, 0.05) is 17.4 Å². The van der Waals surface area contributed by atoms with Crippen molar-refractivity contribution < 1.29 is 9.59 Å². The Labute approximate surface area is 92.8 Å². The molecule has 0 atom stereocenters. The summed E-state index contributed by atoms with van der Waals surface area (Å²) in [6.07, 6.45) is 0. The van der Waals surface area contributed by atoms with Crippen molar-refractivity contribution in [2.75, 3.05) is 6.54 Å². The van der Waals surface area contributed by atoms with Gasteiger partial charge in [0.25, 0.3) is 0 Å². The van der Waals surface area contributed by atoms with Gasteiger partial charge >= 0.3 is 0 Å². The molecule has 0 aliphatic carbocycles. The normalized spacial score (nSPS) is 12.5. The van der Waals surface area contributed by atoms with E-state index in [9.17, 15) is 9.59 Å². The van der Waals surface area contributed by atoms with Gasteiger partial charge in [0.15, 0.2) is 0 Å². The molecule has 15 heavy (non-hydrogen) atoms. The SMILES string of the molecule is CCN(C(=O)C(C)(C)C)C(=O)C(C)(C)C. The molecule has 0 rings (SSSR count). The van der Waals surface area contributed by atoms with Crippen molar-refractivity contribution in [1.82, 2.24) is 4.90 Å². The van der Waals surface area contributed by atoms with E-state index in [-0.39, 0.29) is 11.8 Å². The van der Waals surface area contributed by atoms with Crippen LogP contribution in [0.1, 0.15) is 48.5 Å². The summed E-state index contributed by atoms with van der Waals surface area (Å²) in [4.78, 5) is 25.3. The highest BCUT2D eigenvalue weighted by molar-refractivity contribution is 5.99. The Bertz CT molecular complexity index is 230. The summed E-state index contributed by atoms with van der Waals surface area (Å²) in [5.41, 5.74) is -1.01. The molecule has 0 spiro atoms. The molecule has 88 valence electrons. The van der Waals surface area contributed by atoms with Gasteiger partial charge in [-0.15, -0.1) is 0 Å². The van der Waals surface area contributed by atoms with Crippen molar-refractivity contribution in [3.63, 3.8) is 0 Å². The van der Waals surface area contributed by atoms with Gasteiger partial charge < -0.3 is 0 Å². The minimum Gasteiger partial charge on any atom is -0.282 e. The van der Waals surface area contributed by atoms with E-state index in [2.05, 4.69) is 0 Å². The van der Waals surface area contributed by atoms with E-state index < -0.39 is 10.8 Å². The standard InChI is InChI=1S/C12H23NO2/c1-8-13(9(14)11(2,3)4)10(15)12(5,6)7/h8H2,1-7H3. The molecule has 0 radical (unpaired) electrons. The maximum Gasteiger partial charge on any atom is 0.234 e. The molecular weight excluding hydrogens is 190 g/mol. The fourth-order valence-electron chi connectivity index (χ4n) is 1.19. The Kier molecular flexibility index (Phi) is 4.08. The zero-order chi connectivity index (χ0) is 12.4. The van der Waals surface area contributed by atoms with Crippen LogP contribution in [-0.4, -0.2) is 23.3 Å². The van der Waals surface area contributed by atoms with Crippen molar-refractivity contribution in [2.24, 2.45) is 10.8 Å². The molecule has 0 aromatic carbocycles. The number of nitrogens with zero attached hydrogens (tertiary/aromatic N) is 1. The lowest BCUT2D eigenvalue weighted by Gasteiger charge is -2.31. The first kappa shape index (κ1) is 14.1. The van der Waals surface area contributed by atoms with Gasteiger partial charge in [0.05, 0.1) is 0 Å². The molecule has 0 fully saturated rings. The summed E-state index contributed by atoms with van der Waals surface area (Å²) in [6.45, 7) is 13.2. The quantitative estimate of drug-likeness (QED) is 0.671. The number of amides is 2. The van der Waals surface area contributed by atoms with E-state index in [0.29, 0.717) is 6.54 Å². The van der Waals surface area contributed by atoms with Crippen molar-refractivity contribution in [3.8, 4) is 0 Å². The van der Waals surface area contributed by atoms with Gasteiger partial charge in [-0.05, 0) is 6.92 Å². The van der Waals surface area contributed by atoms with E-state index in [4.69, 9.17) is 0 Å². The molecule has 2 amide bonds. The second-order valence-corrected chi connectivity index (χ2v) is 5.85. The molecule has 0 aromatic heterocycles. The van der Waals surface area contributed by atoms with Crippen LogP contribution < -0.4 is 0 Å². The summed E-state index contributed by atoms with van der Waals surface area (Å²) in [5, 5.41) is 0. The van der Waals surface area contributed by atoms with E-state index in [1.54, 1.807) is 0 Å². The van der Waals surface area contributed by atoms with Crippen LogP contribution in [0.5, 0.6) is 0 Å². The molecule has 0 saturated carbocycles. The molecule has 0 aliphatic rings. The Balaban J connectivity index is 4.96. The fourth-order valence-corrected chi connectivity index (χ4v) is 1.19. The van der Waals surface area contributed by atoms with E-state index in [1.165, 1.54) is 4.90 Å². The van der Waals surface area contributed by atoms with Crippen LogP contribution in [0, 0.1) is 10.8 Å². The van der Waals surface area contributed by atoms with Gasteiger partial charge in [-0.2, -0.15) is 0 Å². The fraction of sp³-hybridized carbons (Fsp3) is 0.833. The first-order chi connectivity index (χ1) is 6.51. The highest BCUT2D eigenvalue weighted by Gasteiger charge is 2.35. The van der Waals surface area contributed by atoms with Gasteiger partial charge in [-0.3, -0.25) is 14.5 Å². The number of rotatable bonds is 1. The van der Waals surface area contributed by atoms with Crippen LogP contribution in [0.3, 0.4) is 0 Å². The number of carbonyl (C=O) groups is 2. The highest BCUT2D eigenvalue weighted by Crippen LogP contribution is 2.23. The van der Waals surface area contributed by atoms with Crippen LogP contribution in [0.15, 0.2) is 0 Å². The number of hydrogen-bond acceptors (Lipinski definition) is 2. The second-order valence-electron chi connectivity index (χ2n) is 5.85. The van der Waals surface area contributed by atoms with Gasteiger partial charge in [-0.1, -0.05) is 41.5 Å². The van der Waals surface area contributed by atoms with Crippen molar-refractivity contribution in [2.45, 2.75) is 48.5 Å². The summed E-state index contributed by atoms with van der Waals surface area (Å²) >= 11 is 0. The molecule has 0 N–H and O–H groups in total. The lowest BCUT2D eigenvalue weighted by atomic mass is 9.90. The third kappa shape index (κ3) is 3.65. The summed E-state index contributed by atoms with van der Waals surface area (Å²) in [6, 6.07) is 0. The largest absolute Gasteiger partial charge is 0.282 e. The van der Waals surface area contributed by atoms with Crippen molar-refractivity contribution in [1.29, 1.82) is 0 Å². The summed E-state index contributed by atoms with van der Waals surface area (Å²) < 4.78 is 0. The summed E-state index contributed by atoms with van der Waals surface area (Å²) in [7, 11) is 0. The van der Waals surface area contributed by atoms with E-state index in [0.717, 1.165) is 0 Å². The maximum atomic E-state index is 12.0. The monoisotopic (exact) mass is 213 g/mol. The van der Waals surface area contributed by atoms with Crippen molar-refractivity contribution >= 4 is 11.8 Å². The maximum absolute atomic E-state index is 12.0. The van der Waals surface area contributed by atoms with Gasteiger partial charge in [0.1, 0.15) is 0 Å². The van der Waals surface area contributed by atoms with Crippen LogP contribution in [0.25, 0.3) is 0 Å². The zero-order valence-electron chi connectivity index (χ0n) is 11.0. The lowest BCUT2D eigenvalue weighted by Crippen LogP contribution is -2.47. The van der Waals surface area contributed by atoms with Crippen LogP contribution >= 0.6 is 0 Å². The average molecular weight is 213 g/mol. The predicted octanol–water partition coefficient (Wildman–Crippen LogP) is 2.45. The third-order valence-electron chi connectivity index (χ3n) is 2.09. The zero-order valence-corrected chi connectivity index (χ0v) is 11.0. The smallest absolute Gasteiger partial charge is 0.234 e. The Morgan fingerprint density at radius 2 is 1.13 bits per heavy atom. The Morgan fingerprint density at radius 1 is 0.867 bits per heavy atom. The third-order valence-corrected chi connectivity index (χ3v) is 2.09. The average Bonchev–Trinajstić information content (AvgIpc) is 2.01. The van der Waals surface area contributed by atoms with Gasteiger partial charge in [-0.25, -0.2) is 0 Å². The lowest BCUT2D eigenvalue weighted by molar-refractivity contribution is -0.154. The minimum atomic E-state index is -0.503. The van der Waals surface area contributed by atoms with E-state index >= 15 is 0 Å². The second kappa shape index (κ2) is 4.33. The molecule has 0 unspecified atom stereocenters. The molecule has 0 heterocycles. The Morgan fingerprint density at radius 3 is 1.27 bits per heavy atom. The minimum absolute atomic E-state index is 0.107. The summed E-state index contributed by atoms with van der Waals surface area (Å²) in [5.74, 6) is -0.213. The molecule has 3 nitrogen and oxygen atoms in total. The molecule has 0 aromatic rings. The molecule has 0 saturated heterocycles. The van der Waals surface area contributed by atoms with Crippen LogP contribution in [-0.2, 0) is 9.59 Å². The first-order valence-corrected chi connectivity index (χ1v) is 5.38. The molecule has 0 aliphatic heterocycles. The Hall–Kier alpha value is -0.860. The molecule has 3 heteroatoms. The topological polar surface area (TPSA) is 37.4 Å². The number of hydrogen-bond donors (Lipinski definition) is 0. The van der Waals surface area contributed by atoms with Gasteiger partial charge in [0.2, 0.25) is 11.8 Å². The first-order valence-electron chi connectivity index (χ1n) is 5.38. The van der Waals surface area contributed by atoms with E-state index in [1.807, 2.05) is 48.5 Å². The molecular formula is C12H23NO2. The highest BCUT2D eigenvalue weighted by atomic mass is 16.2. The van der Waals surface area contributed by atoms with Crippen molar-refractivity contribution in [3.05, 3.63) is 0 Å². The van der Waals surface area contributed by atoms with Crippen LogP contribution in [0.4, 0.5) is 0 Å². The molecule has 0 bridgehead atoms.